The minimum atomic E-state index is -0.428. The first-order chi connectivity index (χ1) is 7.81. The Bertz CT molecular complexity index is 443. The fraction of sp³-hybridized carbons (Fsp3) is 0.300. The summed E-state index contributed by atoms with van der Waals surface area (Å²) in [6, 6.07) is 3.20. The van der Waals surface area contributed by atoms with Gasteiger partial charge in [-0.2, -0.15) is 4.98 Å². The maximum Gasteiger partial charge on any atom is 0.243 e. The zero-order valence-corrected chi connectivity index (χ0v) is 8.58. The highest BCUT2D eigenvalue weighted by molar-refractivity contribution is 5.51. The molecule has 16 heavy (non-hydrogen) atoms. The second-order valence-electron chi connectivity index (χ2n) is 3.32. The molecule has 2 rings (SSSR count). The lowest BCUT2D eigenvalue weighted by atomic mass is 10.2. The summed E-state index contributed by atoms with van der Waals surface area (Å²) in [5.41, 5.74) is 6.50. The maximum atomic E-state index is 8.74. The SMILES string of the molecule is NC(CCO)c1nc(-c2cccnc2)no1. The normalized spacial score (nSPS) is 12.6. The summed E-state index contributed by atoms with van der Waals surface area (Å²) >= 11 is 0. The number of aliphatic hydroxyl groups is 1. The Morgan fingerprint density at radius 1 is 1.50 bits per heavy atom. The Balaban J connectivity index is 2.20. The molecule has 0 aromatic carbocycles. The first-order valence-corrected chi connectivity index (χ1v) is 4.91. The fourth-order valence-electron chi connectivity index (χ4n) is 1.26. The summed E-state index contributed by atoms with van der Waals surface area (Å²) < 4.78 is 5.01. The van der Waals surface area contributed by atoms with Gasteiger partial charge in [0.05, 0.1) is 6.04 Å². The van der Waals surface area contributed by atoms with Crippen molar-refractivity contribution in [2.75, 3.05) is 6.61 Å². The van der Waals surface area contributed by atoms with E-state index >= 15 is 0 Å². The van der Waals surface area contributed by atoms with Crippen LogP contribution >= 0.6 is 0 Å². The lowest BCUT2D eigenvalue weighted by molar-refractivity contribution is 0.259. The van der Waals surface area contributed by atoms with Gasteiger partial charge in [-0.05, 0) is 18.6 Å². The van der Waals surface area contributed by atoms with E-state index in [0.717, 1.165) is 5.56 Å². The van der Waals surface area contributed by atoms with E-state index < -0.39 is 6.04 Å². The van der Waals surface area contributed by atoms with Gasteiger partial charge in [-0.25, -0.2) is 0 Å². The Morgan fingerprint density at radius 2 is 2.38 bits per heavy atom. The van der Waals surface area contributed by atoms with Gasteiger partial charge in [0, 0.05) is 24.6 Å². The summed E-state index contributed by atoms with van der Waals surface area (Å²) in [5.74, 6) is 0.782. The molecule has 0 saturated heterocycles. The van der Waals surface area contributed by atoms with E-state index in [1.54, 1.807) is 18.5 Å². The van der Waals surface area contributed by atoms with Crippen LogP contribution in [0.15, 0.2) is 29.0 Å². The van der Waals surface area contributed by atoms with E-state index in [1.165, 1.54) is 0 Å². The van der Waals surface area contributed by atoms with E-state index in [4.69, 9.17) is 15.4 Å². The third-order valence-corrected chi connectivity index (χ3v) is 2.12. The quantitative estimate of drug-likeness (QED) is 0.779. The van der Waals surface area contributed by atoms with E-state index in [1.807, 2.05) is 6.07 Å². The van der Waals surface area contributed by atoms with Crippen LogP contribution in [-0.4, -0.2) is 26.8 Å². The number of rotatable bonds is 4. The van der Waals surface area contributed by atoms with Crippen molar-refractivity contribution in [2.24, 2.45) is 5.73 Å². The van der Waals surface area contributed by atoms with Crippen molar-refractivity contribution in [1.82, 2.24) is 15.1 Å². The molecular formula is C10H12N4O2. The van der Waals surface area contributed by atoms with Crippen LogP contribution in [0, 0.1) is 0 Å². The van der Waals surface area contributed by atoms with Crippen molar-refractivity contribution >= 4 is 0 Å². The molecule has 0 saturated carbocycles. The Labute approximate surface area is 92.1 Å². The summed E-state index contributed by atoms with van der Waals surface area (Å²) in [6.45, 7) is -0.00816. The van der Waals surface area contributed by atoms with Gasteiger partial charge in [0.1, 0.15) is 0 Å². The van der Waals surface area contributed by atoms with E-state index in [-0.39, 0.29) is 6.61 Å². The molecule has 0 fully saturated rings. The zero-order chi connectivity index (χ0) is 11.4. The van der Waals surface area contributed by atoms with Gasteiger partial charge in [0.15, 0.2) is 0 Å². The van der Waals surface area contributed by atoms with Crippen LogP contribution in [0.2, 0.25) is 0 Å². The topological polar surface area (TPSA) is 98.1 Å². The molecule has 0 aliphatic rings. The number of aliphatic hydroxyl groups excluding tert-OH is 1. The Morgan fingerprint density at radius 3 is 3.06 bits per heavy atom. The van der Waals surface area contributed by atoms with Gasteiger partial charge >= 0.3 is 0 Å². The third kappa shape index (κ3) is 2.23. The maximum absolute atomic E-state index is 8.74. The minimum absolute atomic E-state index is 0.00816. The van der Waals surface area contributed by atoms with Gasteiger partial charge in [-0.3, -0.25) is 4.98 Å². The largest absolute Gasteiger partial charge is 0.396 e. The van der Waals surface area contributed by atoms with Crippen molar-refractivity contribution < 1.29 is 9.63 Å². The van der Waals surface area contributed by atoms with Crippen LogP contribution in [0.1, 0.15) is 18.4 Å². The third-order valence-electron chi connectivity index (χ3n) is 2.12. The monoisotopic (exact) mass is 220 g/mol. The van der Waals surface area contributed by atoms with Crippen molar-refractivity contribution in [3.63, 3.8) is 0 Å². The molecule has 6 heteroatoms. The highest BCUT2D eigenvalue weighted by Crippen LogP contribution is 2.17. The standard InChI is InChI=1S/C10H12N4O2/c11-8(3-5-15)10-13-9(14-16-10)7-2-1-4-12-6-7/h1-2,4,6,8,15H,3,5,11H2. The zero-order valence-electron chi connectivity index (χ0n) is 8.58. The highest BCUT2D eigenvalue weighted by atomic mass is 16.5. The first-order valence-electron chi connectivity index (χ1n) is 4.91. The molecular weight excluding hydrogens is 208 g/mol. The molecule has 84 valence electrons. The molecule has 0 aliphatic heterocycles. The smallest absolute Gasteiger partial charge is 0.243 e. The molecule has 0 radical (unpaired) electrons. The Kier molecular flexibility index (Phi) is 3.23. The van der Waals surface area contributed by atoms with Crippen molar-refractivity contribution in [1.29, 1.82) is 0 Å². The molecule has 6 nitrogen and oxygen atoms in total. The fourth-order valence-corrected chi connectivity index (χ4v) is 1.26. The number of aromatic nitrogens is 3. The Hall–Kier alpha value is -1.79. The number of hydrogen-bond acceptors (Lipinski definition) is 6. The van der Waals surface area contributed by atoms with Crippen molar-refractivity contribution in [3.05, 3.63) is 30.4 Å². The second-order valence-corrected chi connectivity index (χ2v) is 3.32. The van der Waals surface area contributed by atoms with Crippen molar-refractivity contribution in [3.8, 4) is 11.4 Å². The highest BCUT2D eigenvalue weighted by Gasteiger charge is 2.14. The van der Waals surface area contributed by atoms with Crippen LogP contribution < -0.4 is 5.73 Å². The number of hydrogen-bond donors (Lipinski definition) is 2. The van der Waals surface area contributed by atoms with E-state index in [0.29, 0.717) is 18.1 Å². The summed E-state index contributed by atoms with van der Waals surface area (Å²) in [5, 5.41) is 12.5. The first kappa shape index (κ1) is 10.7. The predicted octanol–water partition coefficient (Wildman–Crippen LogP) is 0.514. The molecule has 0 spiro atoms. The summed E-state index contributed by atoms with van der Waals surface area (Å²) in [4.78, 5) is 8.10. The average Bonchev–Trinajstić information content (AvgIpc) is 2.80. The van der Waals surface area contributed by atoms with E-state index in [2.05, 4.69) is 15.1 Å². The molecule has 0 aliphatic carbocycles. The molecule has 2 aromatic heterocycles. The summed E-state index contributed by atoms with van der Waals surface area (Å²) in [6.07, 6.45) is 3.71. The summed E-state index contributed by atoms with van der Waals surface area (Å²) in [7, 11) is 0. The second kappa shape index (κ2) is 4.82. The minimum Gasteiger partial charge on any atom is -0.396 e. The molecule has 0 amide bonds. The molecule has 2 aromatic rings. The van der Waals surface area contributed by atoms with Crippen LogP contribution in [0.3, 0.4) is 0 Å². The lowest BCUT2D eigenvalue weighted by Gasteiger charge is -2.01. The van der Waals surface area contributed by atoms with Gasteiger partial charge < -0.3 is 15.4 Å². The average molecular weight is 220 g/mol. The van der Waals surface area contributed by atoms with Crippen LogP contribution in [0.25, 0.3) is 11.4 Å². The van der Waals surface area contributed by atoms with Crippen LogP contribution in [0.4, 0.5) is 0 Å². The molecule has 3 N–H and O–H groups in total. The van der Waals surface area contributed by atoms with Crippen molar-refractivity contribution in [2.45, 2.75) is 12.5 Å². The number of nitrogens with two attached hydrogens (primary N) is 1. The van der Waals surface area contributed by atoms with Gasteiger partial charge in [-0.15, -0.1) is 0 Å². The number of pyridine rings is 1. The van der Waals surface area contributed by atoms with Crippen LogP contribution in [-0.2, 0) is 0 Å². The molecule has 2 heterocycles. The van der Waals surface area contributed by atoms with Gasteiger partial charge in [0.2, 0.25) is 11.7 Å². The molecule has 1 atom stereocenters. The number of nitrogens with zero attached hydrogens (tertiary/aromatic N) is 3. The van der Waals surface area contributed by atoms with Gasteiger partial charge in [-0.1, -0.05) is 5.16 Å². The van der Waals surface area contributed by atoms with E-state index in [9.17, 15) is 0 Å². The van der Waals surface area contributed by atoms with Crippen LogP contribution in [0.5, 0.6) is 0 Å². The van der Waals surface area contributed by atoms with Gasteiger partial charge in [0.25, 0.3) is 0 Å². The molecule has 0 bridgehead atoms. The lowest BCUT2D eigenvalue weighted by Crippen LogP contribution is -2.12. The predicted molar refractivity (Wildman–Crippen MR) is 56.2 cm³/mol. The molecule has 1 unspecified atom stereocenters.